The Morgan fingerprint density at radius 2 is 1.59 bits per heavy atom. The summed E-state index contributed by atoms with van der Waals surface area (Å²) >= 11 is 12.3. The van der Waals surface area contributed by atoms with Crippen molar-refractivity contribution in [3.8, 4) is 17.2 Å². The minimum absolute atomic E-state index is 0.0803. The van der Waals surface area contributed by atoms with E-state index in [1.807, 2.05) is 6.92 Å². The van der Waals surface area contributed by atoms with Gasteiger partial charge >= 0.3 is 12.3 Å². The summed E-state index contributed by atoms with van der Waals surface area (Å²) in [6.45, 7) is 2.16. The molecule has 0 radical (unpaired) electrons. The first-order valence-electron chi connectivity index (χ1n) is 11.3. The molecule has 11 heteroatoms. The highest BCUT2D eigenvalue weighted by atomic mass is 35.5. The first-order valence-corrected chi connectivity index (χ1v) is 12.0. The van der Waals surface area contributed by atoms with E-state index < -0.39 is 24.1 Å². The van der Waals surface area contributed by atoms with Gasteiger partial charge in [-0.15, -0.1) is 0 Å². The third kappa shape index (κ3) is 7.87. The molecule has 0 amide bonds. The van der Waals surface area contributed by atoms with Gasteiger partial charge in [0.2, 0.25) is 0 Å². The summed E-state index contributed by atoms with van der Waals surface area (Å²) in [4.78, 5) is 1.76. The molecular formula is C26H24Cl2F5NO3. The highest BCUT2D eigenvalue weighted by Gasteiger charge is 2.61. The lowest BCUT2D eigenvalue weighted by Gasteiger charge is -2.28. The maximum absolute atomic E-state index is 13.4. The second-order valence-corrected chi connectivity index (χ2v) is 9.02. The zero-order valence-corrected chi connectivity index (χ0v) is 21.1. The molecule has 0 aliphatic rings. The molecule has 0 saturated carbocycles. The Balaban J connectivity index is 1.87. The van der Waals surface area contributed by atoms with Crippen LogP contribution in [0.3, 0.4) is 0 Å². The minimum atomic E-state index is -5.86. The molecule has 4 nitrogen and oxygen atoms in total. The number of benzene rings is 3. The summed E-state index contributed by atoms with van der Waals surface area (Å²) in [6, 6.07) is 16.8. The van der Waals surface area contributed by atoms with Crippen LogP contribution in [-0.4, -0.2) is 30.0 Å². The van der Waals surface area contributed by atoms with Crippen molar-refractivity contribution in [2.45, 2.75) is 44.7 Å². The minimum Gasteiger partial charge on any atom is -0.456 e. The van der Waals surface area contributed by atoms with Crippen LogP contribution in [0.15, 0.2) is 66.7 Å². The molecule has 0 fully saturated rings. The van der Waals surface area contributed by atoms with Crippen LogP contribution < -0.4 is 14.4 Å². The third-order valence-corrected chi connectivity index (χ3v) is 6.03. The molecule has 0 spiro atoms. The molecule has 1 atom stereocenters. The van der Waals surface area contributed by atoms with Crippen LogP contribution in [0.5, 0.6) is 17.2 Å². The Morgan fingerprint density at radius 3 is 2.30 bits per heavy atom. The second-order valence-electron chi connectivity index (χ2n) is 8.24. The Hall–Kier alpha value is -2.75. The molecular weight excluding hydrogens is 540 g/mol. The summed E-state index contributed by atoms with van der Waals surface area (Å²) in [5.41, 5.74) is 1.00. The van der Waals surface area contributed by atoms with Crippen molar-refractivity contribution < 1.29 is 36.5 Å². The topological polar surface area (TPSA) is 41.9 Å². The van der Waals surface area contributed by atoms with E-state index in [1.165, 1.54) is 6.07 Å². The summed E-state index contributed by atoms with van der Waals surface area (Å²) in [5.74, 6) is 0.111. The van der Waals surface area contributed by atoms with Crippen molar-refractivity contribution >= 4 is 28.9 Å². The lowest BCUT2D eigenvalue weighted by atomic mass is 10.1. The molecule has 37 heavy (non-hydrogen) atoms. The SMILES string of the molecule is CCCC(O)CN(Cc1cccc(OC(F)(F)C(F)(F)F)c1)c1cccc(Oc2cccc(Cl)c2Cl)c1. The van der Waals surface area contributed by atoms with Crippen molar-refractivity contribution in [2.75, 3.05) is 11.4 Å². The first-order chi connectivity index (χ1) is 17.4. The zero-order valence-electron chi connectivity index (χ0n) is 19.6. The number of ether oxygens (including phenoxy) is 2. The Kier molecular flexibility index (Phi) is 9.50. The number of rotatable bonds is 11. The van der Waals surface area contributed by atoms with E-state index in [9.17, 15) is 27.1 Å². The number of nitrogens with zero attached hydrogens (tertiary/aromatic N) is 1. The normalized spacial score (nSPS) is 12.8. The number of halogens is 7. The van der Waals surface area contributed by atoms with Gasteiger partial charge in [-0.3, -0.25) is 0 Å². The summed E-state index contributed by atoms with van der Waals surface area (Å²) in [5, 5.41) is 11.0. The van der Waals surface area contributed by atoms with Gasteiger partial charge in [0, 0.05) is 24.8 Å². The van der Waals surface area contributed by atoms with Gasteiger partial charge in [0.05, 0.1) is 11.1 Å². The average Bonchev–Trinajstić information content (AvgIpc) is 2.81. The largest absolute Gasteiger partial charge is 0.499 e. The van der Waals surface area contributed by atoms with E-state index in [0.717, 1.165) is 18.6 Å². The van der Waals surface area contributed by atoms with Crippen LogP contribution >= 0.6 is 23.2 Å². The van der Waals surface area contributed by atoms with Gasteiger partial charge < -0.3 is 19.5 Å². The monoisotopic (exact) mass is 563 g/mol. The fraction of sp³-hybridized carbons (Fsp3) is 0.308. The summed E-state index contributed by atoms with van der Waals surface area (Å²) < 4.78 is 74.3. The number of anilines is 1. The number of aliphatic hydroxyl groups is 1. The van der Waals surface area contributed by atoms with Crippen LogP contribution in [0.25, 0.3) is 0 Å². The molecule has 0 heterocycles. The molecule has 0 aromatic heterocycles. The smallest absolute Gasteiger partial charge is 0.456 e. The quantitative estimate of drug-likeness (QED) is 0.237. The van der Waals surface area contributed by atoms with Gasteiger partial charge in [0.1, 0.15) is 22.3 Å². The predicted octanol–water partition coefficient (Wildman–Crippen LogP) is 8.49. The summed E-state index contributed by atoms with van der Waals surface area (Å²) in [7, 11) is 0. The Bertz CT molecular complexity index is 1190. The standard InChI is InChI=1S/C26H24Cl2F5NO3/c1-2-6-19(35)16-34(15-17-7-3-10-21(13-17)37-26(32,33)25(29,30)31)18-8-4-9-20(14-18)36-23-12-5-11-22(27)24(23)28/h3-5,7-14,19,35H,2,6,15-16H2,1H3. The maximum Gasteiger partial charge on any atom is 0.499 e. The average molecular weight is 564 g/mol. The van der Waals surface area contributed by atoms with Crippen molar-refractivity contribution in [1.82, 2.24) is 0 Å². The van der Waals surface area contributed by atoms with E-state index in [0.29, 0.717) is 34.2 Å². The van der Waals surface area contributed by atoms with Crippen molar-refractivity contribution in [3.63, 3.8) is 0 Å². The van der Waals surface area contributed by atoms with Gasteiger partial charge in [-0.2, -0.15) is 22.0 Å². The van der Waals surface area contributed by atoms with E-state index in [4.69, 9.17) is 27.9 Å². The van der Waals surface area contributed by atoms with Crippen LogP contribution in [0.1, 0.15) is 25.3 Å². The van der Waals surface area contributed by atoms with E-state index in [-0.39, 0.29) is 18.1 Å². The number of hydrogen-bond donors (Lipinski definition) is 1. The van der Waals surface area contributed by atoms with Crippen molar-refractivity contribution in [1.29, 1.82) is 0 Å². The molecule has 0 bridgehead atoms. The Labute approximate surface area is 221 Å². The fourth-order valence-corrected chi connectivity index (χ4v) is 3.84. The molecule has 3 aromatic carbocycles. The molecule has 1 unspecified atom stereocenters. The van der Waals surface area contributed by atoms with Crippen LogP contribution in [-0.2, 0) is 6.54 Å². The van der Waals surface area contributed by atoms with E-state index in [1.54, 1.807) is 53.4 Å². The highest BCUT2D eigenvalue weighted by molar-refractivity contribution is 6.42. The van der Waals surface area contributed by atoms with Gasteiger partial charge in [-0.25, -0.2) is 0 Å². The molecule has 0 aliphatic heterocycles. The third-order valence-electron chi connectivity index (χ3n) is 5.23. The van der Waals surface area contributed by atoms with Gasteiger partial charge in [0.25, 0.3) is 0 Å². The fourth-order valence-electron chi connectivity index (χ4n) is 3.51. The van der Waals surface area contributed by atoms with Crippen molar-refractivity contribution in [3.05, 3.63) is 82.3 Å². The summed E-state index contributed by atoms with van der Waals surface area (Å²) in [6.07, 6.45) is -10.7. The maximum atomic E-state index is 13.4. The van der Waals surface area contributed by atoms with Gasteiger partial charge in [0.15, 0.2) is 0 Å². The van der Waals surface area contributed by atoms with Crippen LogP contribution in [0.4, 0.5) is 27.6 Å². The predicted molar refractivity (Wildman–Crippen MR) is 133 cm³/mol. The first kappa shape index (κ1) is 28.8. The van der Waals surface area contributed by atoms with Crippen molar-refractivity contribution in [2.24, 2.45) is 0 Å². The van der Waals surface area contributed by atoms with Crippen LogP contribution in [0, 0.1) is 0 Å². The number of hydrogen-bond acceptors (Lipinski definition) is 4. The molecule has 3 rings (SSSR count). The molecule has 0 aliphatic carbocycles. The molecule has 1 N–H and O–H groups in total. The van der Waals surface area contributed by atoms with E-state index in [2.05, 4.69) is 4.74 Å². The molecule has 0 saturated heterocycles. The lowest BCUT2D eigenvalue weighted by Crippen LogP contribution is -2.41. The second kappa shape index (κ2) is 12.2. The highest BCUT2D eigenvalue weighted by Crippen LogP contribution is 2.38. The number of aliphatic hydroxyl groups excluding tert-OH is 1. The Morgan fingerprint density at radius 1 is 0.919 bits per heavy atom. The van der Waals surface area contributed by atoms with E-state index >= 15 is 0 Å². The van der Waals surface area contributed by atoms with Gasteiger partial charge in [-0.1, -0.05) is 60.8 Å². The van der Waals surface area contributed by atoms with Crippen LogP contribution in [0.2, 0.25) is 10.0 Å². The number of alkyl halides is 5. The molecule has 200 valence electrons. The van der Waals surface area contributed by atoms with Gasteiger partial charge in [-0.05, 0) is 48.4 Å². The molecule has 3 aromatic rings. The lowest BCUT2D eigenvalue weighted by molar-refractivity contribution is -0.360. The zero-order chi connectivity index (χ0) is 27.2.